The van der Waals surface area contributed by atoms with Crippen molar-refractivity contribution >= 4 is 13.3 Å². The largest absolute Gasteiger partial charge is 0.425 e. The molecule has 0 aliphatic rings. The van der Waals surface area contributed by atoms with Crippen LogP contribution in [0.5, 0.6) is 0 Å². The Morgan fingerprint density at radius 2 is 1.92 bits per heavy atom. The third kappa shape index (κ3) is 4.85. The van der Waals surface area contributed by atoms with Crippen LogP contribution in [-0.4, -0.2) is 29.5 Å². The van der Waals surface area contributed by atoms with Gasteiger partial charge in [-0.3, -0.25) is 4.79 Å². The maximum atomic E-state index is 11.2. The van der Waals surface area contributed by atoms with E-state index in [0.29, 0.717) is 0 Å². The Morgan fingerprint density at radius 3 is 2.23 bits per heavy atom. The van der Waals surface area contributed by atoms with Crippen molar-refractivity contribution in [2.24, 2.45) is 0 Å². The normalized spacial score (nSPS) is 12.4. The average Bonchev–Trinajstić information content (AvgIpc) is 1.98. The first-order valence-electron chi connectivity index (χ1n) is 4.22. The Bertz CT molecular complexity index is 203. The van der Waals surface area contributed by atoms with Gasteiger partial charge in [-0.25, -0.2) is 0 Å². The van der Waals surface area contributed by atoms with Crippen LogP contribution in [0.1, 0.15) is 27.7 Å². The summed E-state index contributed by atoms with van der Waals surface area (Å²) < 4.78 is 5.28. The van der Waals surface area contributed by atoms with E-state index in [1.807, 2.05) is 0 Å². The zero-order chi connectivity index (χ0) is 10.7. The summed E-state index contributed by atoms with van der Waals surface area (Å²) in [4.78, 5) is 11.2. The van der Waals surface area contributed by atoms with E-state index in [4.69, 9.17) is 4.65 Å². The van der Waals surface area contributed by atoms with Crippen LogP contribution in [0.25, 0.3) is 0 Å². The average molecular weight is 184 g/mol. The van der Waals surface area contributed by atoms with Crippen LogP contribution in [0.4, 0.5) is 0 Å². The molecule has 0 aromatic rings. The third-order valence-electron chi connectivity index (χ3n) is 1.57. The van der Waals surface area contributed by atoms with Gasteiger partial charge in [0.2, 0.25) is 0 Å². The number of ketones is 1. The maximum Gasteiger partial charge on any atom is 0.308 e. The van der Waals surface area contributed by atoms with Gasteiger partial charge < -0.3 is 9.76 Å². The molecule has 0 radical (unpaired) electrons. The van der Waals surface area contributed by atoms with Crippen LogP contribution in [-0.2, 0) is 9.45 Å². The minimum atomic E-state index is -0.918. The van der Waals surface area contributed by atoms with Crippen LogP contribution in [0.2, 0.25) is 0 Å². The number of carbonyl (C=O) groups excluding carboxylic acids is 1. The second kappa shape index (κ2) is 4.07. The van der Waals surface area contributed by atoms with Crippen LogP contribution in [0.3, 0.4) is 0 Å². The summed E-state index contributed by atoms with van der Waals surface area (Å²) in [7, 11) is 0.125. The van der Waals surface area contributed by atoms with E-state index < -0.39 is 11.1 Å². The zero-order valence-electron chi connectivity index (χ0n) is 8.76. The van der Waals surface area contributed by atoms with Gasteiger partial charge in [0.1, 0.15) is 5.60 Å². The second-order valence-electron chi connectivity index (χ2n) is 4.18. The van der Waals surface area contributed by atoms with Gasteiger partial charge in [0.15, 0.2) is 5.78 Å². The van der Waals surface area contributed by atoms with Crippen molar-refractivity contribution in [2.45, 2.75) is 38.8 Å². The molecule has 3 nitrogen and oxygen atoms in total. The lowest BCUT2D eigenvalue weighted by molar-refractivity contribution is -0.127. The molecule has 13 heavy (non-hydrogen) atoms. The minimum Gasteiger partial charge on any atom is -0.425 e. The molecular weight excluding hydrogens is 167 g/mol. The number of carbonyl (C=O) groups is 1. The van der Waals surface area contributed by atoms with Gasteiger partial charge in [-0.05, 0) is 33.8 Å². The van der Waals surface area contributed by atoms with E-state index in [9.17, 15) is 9.90 Å². The molecule has 4 heteroatoms. The number of hydrogen-bond donors (Lipinski definition) is 1. The molecule has 0 atom stereocenters. The van der Waals surface area contributed by atoms with Gasteiger partial charge >= 0.3 is 7.48 Å². The molecule has 0 rings (SSSR count). The Labute approximate surface area is 80.1 Å². The Balaban J connectivity index is 4.19. The quantitative estimate of drug-likeness (QED) is 0.503. The van der Waals surface area contributed by atoms with Crippen LogP contribution in [0.15, 0.2) is 12.7 Å². The summed E-state index contributed by atoms with van der Waals surface area (Å²) in [6.45, 7) is 9.94. The molecule has 74 valence electrons. The molecule has 0 amide bonds. The predicted octanol–water partition coefficient (Wildman–Crippen LogP) is 0.617. The van der Waals surface area contributed by atoms with Crippen molar-refractivity contribution in [2.75, 3.05) is 0 Å². The lowest BCUT2D eigenvalue weighted by atomic mass is 9.77. The fourth-order valence-corrected chi connectivity index (χ4v) is 0.674. The predicted molar refractivity (Wildman–Crippen MR) is 53.8 cm³/mol. The van der Waals surface area contributed by atoms with Gasteiger partial charge in [-0.15, -0.1) is 0 Å². The van der Waals surface area contributed by atoms with Crippen molar-refractivity contribution in [3.63, 3.8) is 0 Å². The zero-order valence-corrected chi connectivity index (χ0v) is 8.76. The first kappa shape index (κ1) is 12.4. The van der Waals surface area contributed by atoms with Gasteiger partial charge in [0.05, 0.1) is 5.50 Å². The lowest BCUT2D eigenvalue weighted by Gasteiger charge is -2.26. The van der Waals surface area contributed by atoms with Crippen molar-refractivity contribution in [3.05, 3.63) is 12.7 Å². The highest BCUT2D eigenvalue weighted by Gasteiger charge is 2.29. The van der Waals surface area contributed by atoms with Crippen molar-refractivity contribution < 1.29 is 14.6 Å². The molecule has 0 bridgehead atoms. The summed E-state index contributed by atoms with van der Waals surface area (Å²) in [5, 5.41) is 9.37. The van der Waals surface area contributed by atoms with Gasteiger partial charge in [0, 0.05) is 0 Å². The molecule has 0 aromatic carbocycles. The Kier molecular flexibility index (Phi) is 3.88. The number of rotatable bonds is 5. The summed E-state index contributed by atoms with van der Waals surface area (Å²) >= 11 is 0. The smallest absolute Gasteiger partial charge is 0.308 e. The number of aliphatic hydroxyl groups is 1. The molecule has 0 saturated carbocycles. The Morgan fingerprint density at radius 1 is 1.46 bits per heavy atom. The molecule has 0 aliphatic carbocycles. The highest BCUT2D eigenvalue weighted by atomic mass is 16.5. The molecule has 0 saturated heterocycles. The van der Waals surface area contributed by atoms with E-state index >= 15 is 0 Å². The van der Waals surface area contributed by atoms with Crippen molar-refractivity contribution in [1.82, 2.24) is 0 Å². The van der Waals surface area contributed by atoms with E-state index in [1.54, 1.807) is 27.7 Å². The Hall–Kier alpha value is -0.605. The summed E-state index contributed by atoms with van der Waals surface area (Å²) in [5.74, 6) is -0.184. The van der Waals surface area contributed by atoms with E-state index in [2.05, 4.69) is 6.58 Å². The molecule has 0 fully saturated rings. The third-order valence-corrected chi connectivity index (χ3v) is 1.57. The highest BCUT2D eigenvalue weighted by molar-refractivity contribution is 6.32. The fraction of sp³-hybridized carbons (Fsp3) is 0.667. The van der Waals surface area contributed by atoms with Crippen molar-refractivity contribution in [1.29, 1.82) is 0 Å². The van der Waals surface area contributed by atoms with E-state index in [0.717, 1.165) is 0 Å². The lowest BCUT2D eigenvalue weighted by Crippen LogP contribution is -2.41. The number of hydrogen-bond acceptors (Lipinski definition) is 3. The molecule has 1 N–H and O–H groups in total. The maximum absolute atomic E-state index is 11.2. The standard InChI is InChI=1S/C9H17BO3/c1-6-7(11)8(2,3)13-10-9(4,5)12/h6,10,12H,1H2,2-5H3. The first-order valence-corrected chi connectivity index (χ1v) is 4.22. The van der Waals surface area contributed by atoms with Gasteiger partial charge in [-0.2, -0.15) is 0 Å². The van der Waals surface area contributed by atoms with Gasteiger partial charge in [-0.1, -0.05) is 6.58 Å². The molecular formula is C9H17BO3. The monoisotopic (exact) mass is 184 g/mol. The molecule has 0 heterocycles. The molecule has 0 aliphatic heterocycles. The van der Waals surface area contributed by atoms with Crippen LogP contribution >= 0.6 is 0 Å². The van der Waals surface area contributed by atoms with Crippen molar-refractivity contribution in [3.8, 4) is 0 Å². The highest BCUT2D eigenvalue weighted by Crippen LogP contribution is 2.13. The summed E-state index contributed by atoms with van der Waals surface area (Å²) in [6.07, 6.45) is 1.23. The van der Waals surface area contributed by atoms with E-state index in [1.165, 1.54) is 6.08 Å². The SMILES string of the molecule is C=CC(=O)C(C)(C)OBC(C)(C)O. The second-order valence-corrected chi connectivity index (χ2v) is 4.18. The van der Waals surface area contributed by atoms with Crippen LogP contribution < -0.4 is 0 Å². The summed E-state index contributed by atoms with van der Waals surface area (Å²) in [6, 6.07) is 0. The fourth-order valence-electron chi connectivity index (χ4n) is 0.674. The first-order chi connectivity index (χ1) is 5.69. The molecule has 0 spiro atoms. The molecule has 0 aromatic heterocycles. The van der Waals surface area contributed by atoms with Crippen LogP contribution in [0, 0.1) is 0 Å². The van der Waals surface area contributed by atoms with E-state index in [-0.39, 0.29) is 13.3 Å². The van der Waals surface area contributed by atoms with Gasteiger partial charge in [0.25, 0.3) is 0 Å². The minimum absolute atomic E-state index is 0.125. The topological polar surface area (TPSA) is 46.5 Å². The summed E-state index contributed by atoms with van der Waals surface area (Å²) in [5.41, 5.74) is -1.82. The molecule has 0 unspecified atom stereocenters.